The van der Waals surface area contributed by atoms with Crippen molar-refractivity contribution in [1.82, 2.24) is 70.0 Å². The van der Waals surface area contributed by atoms with Crippen LogP contribution in [0.2, 0.25) is 0 Å². The van der Waals surface area contributed by atoms with Gasteiger partial charge in [0.25, 0.3) is 22.6 Å². The molecule has 0 bridgehead atoms. The normalized spacial score (nSPS) is 18.8. The van der Waals surface area contributed by atoms with Crippen LogP contribution in [-0.4, -0.2) is 121 Å². The van der Waals surface area contributed by atoms with Crippen LogP contribution in [0.5, 0.6) is 0 Å². The molecule has 0 radical (unpaired) electrons. The van der Waals surface area contributed by atoms with Crippen LogP contribution < -0.4 is 27.7 Å². The quantitative estimate of drug-likeness (QED) is 0.0563. The first kappa shape index (κ1) is 65.8. The molecule has 0 spiro atoms. The van der Waals surface area contributed by atoms with Gasteiger partial charge in [-0.15, -0.1) is 20.4 Å². The summed E-state index contributed by atoms with van der Waals surface area (Å²) >= 11 is 0. The maximum atomic E-state index is 13.3. The zero-order valence-electron chi connectivity index (χ0n) is 51.6. The predicted molar refractivity (Wildman–Crippen MR) is 344 cm³/mol. The second-order valence-corrected chi connectivity index (χ2v) is 23.7. The highest BCUT2D eigenvalue weighted by atomic mass is 19.1. The van der Waals surface area contributed by atoms with Gasteiger partial charge in [0, 0.05) is 94.3 Å². The molecule has 3 aliphatic heterocycles. The minimum atomic E-state index is -1.04. The summed E-state index contributed by atoms with van der Waals surface area (Å²) in [7, 11) is 0. The molecule has 24 heteroatoms. The van der Waals surface area contributed by atoms with Crippen molar-refractivity contribution < 1.29 is 27.9 Å². The molecular formula is C69H72F3N15O6. The summed E-state index contributed by atoms with van der Waals surface area (Å²) in [5, 5.41) is 32.1. The fourth-order valence-electron chi connectivity index (χ4n) is 11.8. The van der Waals surface area contributed by atoms with Crippen LogP contribution in [0.4, 0.5) is 13.2 Å². The van der Waals surface area contributed by atoms with Crippen molar-refractivity contribution in [2.24, 2.45) is 23.5 Å². The Kier molecular flexibility index (Phi) is 21.8. The second kappa shape index (κ2) is 30.8. The van der Waals surface area contributed by atoms with Gasteiger partial charge in [0.05, 0.1) is 18.3 Å². The third-order valence-electron chi connectivity index (χ3n) is 16.8. The van der Waals surface area contributed by atoms with E-state index in [0.717, 1.165) is 71.0 Å². The van der Waals surface area contributed by atoms with Gasteiger partial charge < -0.3 is 31.1 Å². The number of H-pyrrole nitrogens is 3. The van der Waals surface area contributed by atoms with E-state index in [4.69, 9.17) is 15.9 Å². The number of rotatable bonds is 15. The number of nitrogens with one attached hydrogen (secondary N) is 4. The highest BCUT2D eigenvalue weighted by Crippen LogP contribution is 2.33. The molecule has 7 N–H and O–H groups in total. The third-order valence-corrected chi connectivity index (χ3v) is 16.8. The molecule has 3 fully saturated rings. The van der Waals surface area contributed by atoms with Crippen LogP contribution in [0.15, 0.2) is 184 Å². The first-order valence-electron chi connectivity index (χ1n) is 30.6. The fraction of sp³-hybridized carbons (Fsp3) is 0.290. The number of carboxylic acids is 1. The average molecular weight is 1260 g/mol. The van der Waals surface area contributed by atoms with E-state index >= 15 is 0 Å². The molecule has 3 saturated heterocycles. The zero-order chi connectivity index (χ0) is 65.5. The molecule has 6 atom stereocenters. The highest BCUT2D eigenvalue weighted by molar-refractivity contribution is 5.94. The Morgan fingerprint density at radius 3 is 1.33 bits per heavy atom. The van der Waals surface area contributed by atoms with E-state index in [1.807, 2.05) is 30.3 Å². The summed E-state index contributed by atoms with van der Waals surface area (Å²) in [6.45, 7) is 14.6. The van der Waals surface area contributed by atoms with Crippen LogP contribution in [0.3, 0.4) is 0 Å². The van der Waals surface area contributed by atoms with E-state index in [2.05, 4.69) is 142 Å². The molecule has 10 aromatic rings. The van der Waals surface area contributed by atoms with Crippen molar-refractivity contribution in [3.05, 3.63) is 275 Å². The maximum absolute atomic E-state index is 13.3. The van der Waals surface area contributed by atoms with E-state index in [0.29, 0.717) is 57.7 Å². The number of carbonyl (C=O) groups excluding carboxylic acids is 1. The summed E-state index contributed by atoms with van der Waals surface area (Å²) in [6.07, 6.45) is 1.51. The molecule has 3 aliphatic rings. The van der Waals surface area contributed by atoms with Crippen molar-refractivity contribution in [3.8, 4) is 11.4 Å². The van der Waals surface area contributed by atoms with Crippen LogP contribution in [0.1, 0.15) is 105 Å². The molecule has 0 aliphatic carbocycles. The van der Waals surface area contributed by atoms with Crippen LogP contribution in [-0.2, 0) is 32.7 Å². The number of hydrogen-bond donors (Lipinski definition) is 6. The van der Waals surface area contributed by atoms with Crippen LogP contribution >= 0.6 is 0 Å². The molecule has 13 rings (SSSR count). The van der Waals surface area contributed by atoms with Crippen molar-refractivity contribution in [3.63, 3.8) is 0 Å². The number of benzene rings is 6. The number of nitrogens with two attached hydrogens (primary N) is 1. The Morgan fingerprint density at radius 1 is 0.516 bits per heavy atom. The number of amides is 1. The number of hydrogen-bond acceptors (Lipinski definition) is 15. The van der Waals surface area contributed by atoms with Gasteiger partial charge in [-0.1, -0.05) is 112 Å². The summed E-state index contributed by atoms with van der Waals surface area (Å²) in [6, 6.07) is 47.0. The van der Waals surface area contributed by atoms with Crippen molar-refractivity contribution in [2.75, 3.05) is 39.3 Å². The SMILES string of the molecule is CC1CN(Cc2ccccc2)CC1c1nn2c(-c3ccc(F)cc3)ncc2c(=O)[nH]1.CC1CN(Cc2ccccc2)CC1c1nnc(CN)c(=O)[nH]1.CC1CN(Cc2ccccc2)CC1c1nnc(CNC(=O)c2ccc(F)cc2)c(=O)[nH]1.O=C(O)c1ccc(F)cc1. The van der Waals surface area contributed by atoms with E-state index in [1.165, 1.54) is 71.4 Å². The number of aromatic carboxylic acids is 1. The number of likely N-dealkylation sites (tertiary alicyclic amines) is 3. The van der Waals surface area contributed by atoms with Crippen molar-refractivity contribution in [1.29, 1.82) is 0 Å². The van der Waals surface area contributed by atoms with Gasteiger partial charge in [0.15, 0.2) is 11.3 Å². The van der Waals surface area contributed by atoms with Crippen molar-refractivity contribution >= 4 is 17.4 Å². The number of nitrogens with zero attached hydrogens (tertiary/aromatic N) is 10. The van der Waals surface area contributed by atoms with E-state index in [9.17, 15) is 37.1 Å². The van der Waals surface area contributed by atoms with Crippen LogP contribution in [0.25, 0.3) is 16.9 Å². The first-order chi connectivity index (χ1) is 44.9. The monoisotopic (exact) mass is 1260 g/mol. The van der Waals surface area contributed by atoms with Crippen LogP contribution in [0, 0.1) is 35.2 Å². The van der Waals surface area contributed by atoms with Gasteiger partial charge in [-0.3, -0.25) is 33.9 Å². The molecule has 0 saturated carbocycles. The van der Waals surface area contributed by atoms with Crippen molar-refractivity contribution in [2.45, 2.75) is 71.2 Å². The Balaban J connectivity index is 0.000000143. The van der Waals surface area contributed by atoms with E-state index in [1.54, 1.807) is 16.6 Å². The zero-order valence-corrected chi connectivity index (χ0v) is 51.6. The molecule has 480 valence electrons. The number of carboxylic acid groups (broad SMARTS) is 1. The summed E-state index contributed by atoms with van der Waals surface area (Å²) in [4.78, 5) is 79.5. The Morgan fingerprint density at radius 2 is 0.914 bits per heavy atom. The van der Waals surface area contributed by atoms with Gasteiger partial charge in [-0.2, -0.15) is 5.10 Å². The molecule has 4 aromatic heterocycles. The predicted octanol–water partition coefficient (Wildman–Crippen LogP) is 8.31. The maximum Gasteiger partial charge on any atom is 0.335 e. The number of imidazole rings is 1. The molecule has 93 heavy (non-hydrogen) atoms. The smallest absolute Gasteiger partial charge is 0.335 e. The topological polar surface area (TPSA) is 282 Å². The molecule has 1 amide bonds. The lowest BCUT2D eigenvalue weighted by Crippen LogP contribution is -2.30. The minimum absolute atomic E-state index is 0.0564. The summed E-state index contributed by atoms with van der Waals surface area (Å²) in [5.41, 5.74) is 10.4. The Bertz CT molecular complexity index is 4300. The Hall–Kier alpha value is -10.1. The number of fused-ring (bicyclic) bond motifs is 1. The first-order valence-corrected chi connectivity index (χ1v) is 30.6. The van der Waals surface area contributed by atoms with Gasteiger partial charge in [-0.05, 0) is 107 Å². The lowest BCUT2D eigenvalue weighted by molar-refractivity contribution is 0.0696. The van der Waals surface area contributed by atoms with Gasteiger partial charge in [-0.25, -0.2) is 27.5 Å². The third kappa shape index (κ3) is 17.3. The molecular weight excluding hydrogens is 1190 g/mol. The standard InChI is InChI=1S/C23H24FN5O2.C23H22FN5O.C16H21N5O.C7H5FO2/c1-15-12-29(13-16-5-3-2-4-6-16)14-19(15)21-26-23(31)20(27-28-21)11-25-22(30)17-7-9-18(24)10-8-17;1-15-12-28(13-16-5-3-2-4-6-16)14-19(15)21-26-23(30)20-11-25-22(29(20)27-21)17-7-9-18(24)10-8-17;1-11-8-21(9-12-5-3-2-4-6-12)10-13(11)15-18-16(22)14(7-17)19-20-15;8-6-3-1-5(2-4-6)7(9)10/h2-10,15,19H,11-14H2,1H3,(H,25,30)(H,26,28,31);2-11,15,19H,12-14H2,1H3,(H,26,27,30);2-6,11,13H,7-10,17H2,1H3,(H,18,20,22);1-4H,(H,9,10). The van der Waals surface area contributed by atoms with E-state index < -0.39 is 23.5 Å². The molecule has 6 unspecified atom stereocenters. The van der Waals surface area contributed by atoms with Gasteiger partial charge in [0.1, 0.15) is 46.3 Å². The number of aromatic amines is 3. The Labute approximate surface area is 533 Å². The van der Waals surface area contributed by atoms with E-state index in [-0.39, 0.29) is 70.3 Å². The second-order valence-electron chi connectivity index (χ2n) is 23.7. The fourth-order valence-corrected chi connectivity index (χ4v) is 11.8. The molecule has 21 nitrogen and oxygen atoms in total. The summed E-state index contributed by atoms with van der Waals surface area (Å²) in [5.74, 6) is 1.35. The summed E-state index contributed by atoms with van der Waals surface area (Å²) < 4.78 is 40.0. The molecule has 7 heterocycles. The number of carbonyl (C=O) groups is 2. The number of aromatic nitrogens is 10. The number of halogens is 3. The lowest BCUT2D eigenvalue weighted by Gasteiger charge is -2.16. The minimum Gasteiger partial charge on any atom is -0.478 e. The lowest BCUT2D eigenvalue weighted by atomic mass is 9.97. The van der Waals surface area contributed by atoms with Gasteiger partial charge >= 0.3 is 5.97 Å². The highest BCUT2D eigenvalue weighted by Gasteiger charge is 2.36. The molecule has 6 aromatic carbocycles. The van der Waals surface area contributed by atoms with Gasteiger partial charge in [0.2, 0.25) is 0 Å². The average Bonchev–Trinajstić information content (AvgIpc) is 1.68. The largest absolute Gasteiger partial charge is 0.478 e.